The number of thiophene rings is 1. The minimum atomic E-state index is 0.107. The number of benzene rings is 6. The molecule has 9 aromatic rings. The monoisotopic (exact) mass is 718 g/mol. The highest BCUT2D eigenvalue weighted by molar-refractivity contribution is 14.1. The van der Waals surface area contributed by atoms with Gasteiger partial charge in [-0.2, -0.15) is 0 Å². The zero-order valence-corrected chi connectivity index (χ0v) is 27.5. The Hall–Kier alpha value is -4.86. The molecule has 0 aliphatic carbocycles. The van der Waals surface area contributed by atoms with Crippen LogP contribution in [-0.4, -0.2) is 24.1 Å². The van der Waals surface area contributed by atoms with Crippen molar-refractivity contribution in [2.75, 3.05) is 0 Å². The minimum absolute atomic E-state index is 0.107. The number of rotatable bonds is 5. The van der Waals surface area contributed by atoms with Gasteiger partial charge in [-0.3, -0.25) is 0 Å². The molecule has 216 valence electrons. The first-order valence-corrected chi connectivity index (χ1v) is 17.2. The van der Waals surface area contributed by atoms with Gasteiger partial charge in [-0.25, -0.2) is 15.0 Å². The molecule has 0 aliphatic heterocycles. The van der Waals surface area contributed by atoms with E-state index < -0.39 is 0 Å². The molecule has 0 amide bonds. The molecule has 46 heavy (non-hydrogen) atoms. The number of fused-ring (bicyclic) bond motifs is 6. The minimum Gasteiger partial charge on any atom is -0.371 e. The highest BCUT2D eigenvalue weighted by Gasteiger charge is 2.22. The Balaban J connectivity index is 1.17. The van der Waals surface area contributed by atoms with Crippen molar-refractivity contribution in [1.82, 2.24) is 19.4 Å². The van der Waals surface area contributed by atoms with Gasteiger partial charge in [0.15, 0.2) is 17.5 Å². The first-order chi connectivity index (χ1) is 22.7. The van der Waals surface area contributed by atoms with Gasteiger partial charge in [0.05, 0.1) is 0 Å². The summed E-state index contributed by atoms with van der Waals surface area (Å²) in [6.07, 6.45) is 0. The largest absolute Gasteiger partial charge is 0.371 e. The van der Waals surface area contributed by atoms with E-state index in [-0.39, 0.29) is 4.70 Å². The van der Waals surface area contributed by atoms with Crippen LogP contribution in [0.15, 0.2) is 146 Å². The molecule has 0 radical (unpaired) electrons. The van der Waals surface area contributed by atoms with Crippen molar-refractivity contribution in [1.29, 1.82) is 0 Å². The first kappa shape index (κ1) is 27.5. The molecule has 4 nitrogen and oxygen atoms in total. The molecule has 3 aromatic heterocycles. The average Bonchev–Trinajstić information content (AvgIpc) is 3.68. The molecule has 0 saturated carbocycles. The van der Waals surface area contributed by atoms with E-state index in [2.05, 4.69) is 154 Å². The van der Waals surface area contributed by atoms with Gasteiger partial charge in [0.2, 0.25) is 0 Å². The van der Waals surface area contributed by atoms with Gasteiger partial charge in [-0.15, -0.1) is 33.7 Å². The number of hydrogen-bond acceptors (Lipinski definition) is 4. The second kappa shape index (κ2) is 11.2. The molecule has 7 heteroatoms. The molecular weight excluding hydrogens is 694 g/mol. The van der Waals surface area contributed by atoms with E-state index >= 15 is 0 Å². The Morgan fingerprint density at radius 3 is 1.72 bits per heavy atom. The molecule has 0 bridgehead atoms. The molecule has 3 heterocycles. The third-order valence-corrected chi connectivity index (χ3v) is 11.1. The predicted molar refractivity (Wildman–Crippen MR) is 203 cm³/mol. The van der Waals surface area contributed by atoms with Crippen LogP contribution in [-0.2, 0) is 0 Å². The molecule has 0 aliphatic rings. The fourth-order valence-electron chi connectivity index (χ4n) is 6.40. The van der Waals surface area contributed by atoms with Gasteiger partial charge in [-0.1, -0.05) is 121 Å². The fraction of sp³-hybridized carbons (Fsp3) is 0. The standard InChI is InChI=1S/C39H24BIN4S/c41-40(45-33-18-7-4-13-28(33)29-14-5-8-19-34(29)45)27-23-21-26(22-24-27)38-42-37(25-11-2-1-3-12-25)43-39(44-38)32-17-10-16-31-30-15-6-9-20-35(30)46-36(31)32/h1-24H. The fourth-order valence-corrected chi connectivity index (χ4v) is 8.63. The lowest BCUT2D eigenvalue weighted by molar-refractivity contribution is 1.08. The topological polar surface area (TPSA) is 43.6 Å². The van der Waals surface area contributed by atoms with Crippen LogP contribution < -0.4 is 5.46 Å². The summed E-state index contributed by atoms with van der Waals surface area (Å²) in [4.78, 5) is 15.1. The van der Waals surface area contributed by atoms with Crippen molar-refractivity contribution in [2.45, 2.75) is 0 Å². The van der Waals surface area contributed by atoms with Crippen molar-refractivity contribution >= 4 is 85.9 Å². The summed E-state index contributed by atoms with van der Waals surface area (Å²) < 4.78 is 4.99. The van der Waals surface area contributed by atoms with E-state index in [9.17, 15) is 0 Å². The van der Waals surface area contributed by atoms with Crippen LogP contribution >= 0.6 is 33.7 Å². The quantitative estimate of drug-likeness (QED) is 0.132. The maximum atomic E-state index is 5.10. The maximum absolute atomic E-state index is 5.10. The molecule has 0 atom stereocenters. The van der Waals surface area contributed by atoms with Crippen LogP contribution in [0.1, 0.15) is 0 Å². The third kappa shape index (κ3) is 4.53. The summed E-state index contributed by atoms with van der Waals surface area (Å²) >= 11 is 4.34. The van der Waals surface area contributed by atoms with E-state index in [1.165, 1.54) is 47.4 Å². The Morgan fingerprint density at radius 1 is 0.478 bits per heavy atom. The molecule has 0 N–H and O–H groups in total. The summed E-state index contributed by atoms with van der Waals surface area (Å²) in [6, 6.07) is 51.1. The van der Waals surface area contributed by atoms with Crippen LogP contribution in [0.5, 0.6) is 0 Å². The molecule has 0 saturated heterocycles. The highest BCUT2D eigenvalue weighted by atomic mass is 127. The smallest absolute Gasteiger partial charge is 0.366 e. The van der Waals surface area contributed by atoms with E-state index in [1.807, 2.05) is 18.2 Å². The van der Waals surface area contributed by atoms with Gasteiger partial charge >= 0.3 is 4.70 Å². The lowest BCUT2D eigenvalue weighted by Gasteiger charge is -2.13. The van der Waals surface area contributed by atoms with E-state index in [0.717, 1.165) is 16.7 Å². The second-order valence-corrected chi connectivity index (χ2v) is 13.5. The molecule has 0 spiro atoms. The van der Waals surface area contributed by atoms with Gasteiger partial charge in [0, 0.05) is 58.7 Å². The Morgan fingerprint density at radius 2 is 1.02 bits per heavy atom. The van der Waals surface area contributed by atoms with Crippen molar-refractivity contribution < 1.29 is 0 Å². The summed E-state index contributed by atoms with van der Waals surface area (Å²) in [7, 11) is 0. The Kier molecular flexibility index (Phi) is 6.68. The van der Waals surface area contributed by atoms with E-state index in [4.69, 9.17) is 15.0 Å². The number of aromatic nitrogens is 4. The Labute approximate surface area is 283 Å². The second-order valence-electron chi connectivity index (χ2n) is 11.3. The summed E-state index contributed by atoms with van der Waals surface area (Å²) in [5, 5.41) is 5.03. The molecule has 0 unspecified atom stereocenters. The summed E-state index contributed by atoms with van der Waals surface area (Å²) in [6.45, 7) is 0. The highest BCUT2D eigenvalue weighted by Crippen LogP contribution is 2.39. The molecule has 0 fully saturated rings. The van der Waals surface area contributed by atoms with Gasteiger partial charge in [0.1, 0.15) is 0 Å². The van der Waals surface area contributed by atoms with Gasteiger partial charge < -0.3 is 4.48 Å². The van der Waals surface area contributed by atoms with E-state index in [1.54, 1.807) is 11.3 Å². The van der Waals surface area contributed by atoms with Crippen molar-refractivity contribution in [3.63, 3.8) is 0 Å². The van der Waals surface area contributed by atoms with Crippen LogP contribution in [0.2, 0.25) is 0 Å². The third-order valence-electron chi connectivity index (χ3n) is 8.60. The molecular formula is C39H24BIN4S. The SMILES string of the molecule is IB(c1ccc(-c2nc(-c3ccccc3)nc(-c3cccc4c3sc3ccccc34)n2)cc1)n1c2ccccc2c2ccccc21. The average molecular weight is 718 g/mol. The van der Waals surface area contributed by atoms with Crippen LogP contribution in [0, 0.1) is 0 Å². The number of nitrogens with zero attached hydrogens (tertiary/aromatic N) is 4. The number of halogens is 1. The normalized spacial score (nSPS) is 11.6. The van der Waals surface area contributed by atoms with Crippen molar-refractivity contribution in [2.24, 2.45) is 0 Å². The van der Waals surface area contributed by atoms with Gasteiger partial charge in [-0.05, 0) is 29.7 Å². The van der Waals surface area contributed by atoms with Crippen LogP contribution in [0.4, 0.5) is 0 Å². The van der Waals surface area contributed by atoms with E-state index in [0.29, 0.717) is 17.5 Å². The maximum Gasteiger partial charge on any atom is 0.366 e. The summed E-state index contributed by atoms with van der Waals surface area (Å²) in [5.74, 6) is 2.01. The van der Waals surface area contributed by atoms with Gasteiger partial charge in [0.25, 0.3) is 0 Å². The molecule has 9 rings (SSSR count). The zero-order valence-electron chi connectivity index (χ0n) is 24.5. The number of para-hydroxylation sites is 2. The molecule has 6 aromatic carbocycles. The number of hydrogen-bond donors (Lipinski definition) is 0. The van der Waals surface area contributed by atoms with Crippen molar-refractivity contribution in [3.05, 3.63) is 146 Å². The lowest BCUT2D eigenvalue weighted by atomic mass is 9.81. The van der Waals surface area contributed by atoms with Crippen LogP contribution in [0.3, 0.4) is 0 Å². The lowest BCUT2D eigenvalue weighted by Crippen LogP contribution is -2.31. The van der Waals surface area contributed by atoms with Crippen molar-refractivity contribution in [3.8, 4) is 34.2 Å². The predicted octanol–water partition coefficient (Wildman–Crippen LogP) is 10.0. The first-order valence-electron chi connectivity index (χ1n) is 15.2. The zero-order chi connectivity index (χ0) is 30.6. The Bertz CT molecular complexity index is 2510. The van der Waals surface area contributed by atoms with Crippen LogP contribution in [0.25, 0.3) is 76.1 Å². The summed E-state index contributed by atoms with van der Waals surface area (Å²) in [5.41, 5.74) is 6.62.